The van der Waals surface area contributed by atoms with Gasteiger partial charge in [-0.05, 0) is 24.8 Å². The quantitative estimate of drug-likeness (QED) is 0.487. The highest BCUT2D eigenvalue weighted by Gasteiger charge is 2.37. The standard InChI is InChI=1S/C8H12O/c1-2-6-3-4-7-8(5-6)9-7/h4,6,8H,2-3,5H2,1H3. The van der Waals surface area contributed by atoms with Gasteiger partial charge in [0.1, 0.15) is 5.76 Å². The van der Waals surface area contributed by atoms with Crippen LogP contribution >= 0.6 is 0 Å². The van der Waals surface area contributed by atoms with Gasteiger partial charge in [0.25, 0.3) is 0 Å². The monoisotopic (exact) mass is 124 g/mol. The average Bonchev–Trinajstić information content (AvgIpc) is 2.64. The number of rotatable bonds is 1. The third-order valence-corrected chi connectivity index (χ3v) is 2.32. The summed E-state index contributed by atoms with van der Waals surface area (Å²) < 4.78 is 5.27. The summed E-state index contributed by atoms with van der Waals surface area (Å²) >= 11 is 0. The zero-order valence-electron chi connectivity index (χ0n) is 5.76. The van der Waals surface area contributed by atoms with Crippen LogP contribution in [0.3, 0.4) is 0 Å². The Balaban J connectivity index is 1.99. The number of fused-ring (bicyclic) bond motifs is 1. The molecule has 9 heavy (non-hydrogen) atoms. The van der Waals surface area contributed by atoms with Crippen molar-refractivity contribution in [2.45, 2.75) is 32.3 Å². The molecule has 1 nitrogen and oxygen atoms in total. The minimum absolute atomic E-state index is 0.545. The van der Waals surface area contributed by atoms with Gasteiger partial charge in [0.15, 0.2) is 6.10 Å². The molecule has 1 aliphatic heterocycles. The Labute approximate surface area is 55.7 Å². The van der Waals surface area contributed by atoms with Crippen LogP contribution in [0.25, 0.3) is 0 Å². The van der Waals surface area contributed by atoms with Crippen LogP contribution in [0.2, 0.25) is 0 Å². The van der Waals surface area contributed by atoms with Gasteiger partial charge in [-0.15, -0.1) is 0 Å². The van der Waals surface area contributed by atoms with Crippen LogP contribution in [0.15, 0.2) is 11.8 Å². The smallest absolute Gasteiger partial charge is 0.155 e. The summed E-state index contributed by atoms with van der Waals surface area (Å²) in [4.78, 5) is 0. The van der Waals surface area contributed by atoms with Gasteiger partial charge in [-0.1, -0.05) is 13.3 Å². The normalized spacial score (nSPS) is 38.6. The van der Waals surface area contributed by atoms with Crippen molar-refractivity contribution in [2.24, 2.45) is 5.92 Å². The second-order valence-electron chi connectivity index (χ2n) is 2.96. The molecule has 0 spiro atoms. The fourth-order valence-electron chi connectivity index (χ4n) is 1.49. The maximum absolute atomic E-state index is 5.27. The Kier molecular flexibility index (Phi) is 1.04. The largest absolute Gasteiger partial charge is 0.483 e. The second kappa shape index (κ2) is 1.76. The van der Waals surface area contributed by atoms with Crippen molar-refractivity contribution in [3.63, 3.8) is 0 Å². The predicted octanol–water partition coefficient (Wildman–Crippen LogP) is 2.09. The lowest BCUT2D eigenvalue weighted by molar-refractivity contribution is 0.363. The summed E-state index contributed by atoms with van der Waals surface area (Å²) in [7, 11) is 0. The fourth-order valence-corrected chi connectivity index (χ4v) is 1.49. The summed E-state index contributed by atoms with van der Waals surface area (Å²) in [5.41, 5.74) is 0. The van der Waals surface area contributed by atoms with Gasteiger partial charge in [0, 0.05) is 0 Å². The van der Waals surface area contributed by atoms with E-state index in [9.17, 15) is 0 Å². The topological polar surface area (TPSA) is 12.5 Å². The minimum Gasteiger partial charge on any atom is -0.483 e. The van der Waals surface area contributed by atoms with E-state index in [-0.39, 0.29) is 0 Å². The number of ether oxygens (including phenoxy) is 1. The molecule has 2 aliphatic rings. The van der Waals surface area contributed by atoms with E-state index < -0.39 is 0 Å². The van der Waals surface area contributed by atoms with Crippen LogP contribution in [0.4, 0.5) is 0 Å². The van der Waals surface area contributed by atoms with E-state index in [1.54, 1.807) is 0 Å². The molecule has 1 fully saturated rings. The first-order chi connectivity index (χ1) is 4.40. The SMILES string of the molecule is CCC1CC=C2OC2C1. The summed E-state index contributed by atoms with van der Waals surface area (Å²) in [5.74, 6) is 2.17. The molecule has 0 aromatic rings. The van der Waals surface area contributed by atoms with Crippen LogP contribution in [0.5, 0.6) is 0 Å². The van der Waals surface area contributed by atoms with Crippen molar-refractivity contribution in [1.29, 1.82) is 0 Å². The first-order valence-corrected chi connectivity index (χ1v) is 3.77. The second-order valence-corrected chi connectivity index (χ2v) is 2.96. The lowest BCUT2D eigenvalue weighted by Crippen LogP contribution is -2.04. The zero-order valence-corrected chi connectivity index (χ0v) is 5.76. The molecule has 1 heterocycles. The van der Waals surface area contributed by atoms with Gasteiger partial charge in [0.05, 0.1) is 0 Å². The molecule has 50 valence electrons. The molecule has 1 aliphatic carbocycles. The molecule has 0 saturated carbocycles. The third kappa shape index (κ3) is 0.846. The maximum Gasteiger partial charge on any atom is 0.155 e. The van der Waals surface area contributed by atoms with Crippen LogP contribution in [-0.4, -0.2) is 6.10 Å². The van der Waals surface area contributed by atoms with Crippen molar-refractivity contribution in [3.8, 4) is 0 Å². The highest BCUT2D eigenvalue weighted by atomic mass is 16.6. The molecular weight excluding hydrogens is 112 g/mol. The molecular formula is C8H12O. The molecule has 2 unspecified atom stereocenters. The Hall–Kier alpha value is -0.460. The van der Waals surface area contributed by atoms with E-state index in [4.69, 9.17) is 4.74 Å². The zero-order chi connectivity index (χ0) is 6.27. The first-order valence-electron chi connectivity index (χ1n) is 3.77. The van der Waals surface area contributed by atoms with Crippen molar-refractivity contribution in [3.05, 3.63) is 11.8 Å². The number of hydrogen-bond donors (Lipinski definition) is 0. The molecule has 0 amide bonds. The van der Waals surface area contributed by atoms with E-state index in [0.717, 1.165) is 5.92 Å². The number of allylic oxidation sites excluding steroid dienone is 1. The van der Waals surface area contributed by atoms with Crippen molar-refractivity contribution in [1.82, 2.24) is 0 Å². The van der Waals surface area contributed by atoms with Crippen molar-refractivity contribution < 1.29 is 4.74 Å². The summed E-state index contributed by atoms with van der Waals surface area (Å²) in [6, 6.07) is 0. The van der Waals surface area contributed by atoms with Gasteiger partial charge in [-0.2, -0.15) is 0 Å². The third-order valence-electron chi connectivity index (χ3n) is 2.32. The van der Waals surface area contributed by atoms with Gasteiger partial charge >= 0.3 is 0 Å². The molecule has 1 heteroatoms. The first kappa shape index (κ1) is 5.33. The van der Waals surface area contributed by atoms with Gasteiger partial charge in [-0.3, -0.25) is 0 Å². The fraction of sp³-hybridized carbons (Fsp3) is 0.750. The predicted molar refractivity (Wildman–Crippen MR) is 36.0 cm³/mol. The molecule has 0 radical (unpaired) electrons. The highest BCUT2D eigenvalue weighted by Crippen LogP contribution is 2.39. The van der Waals surface area contributed by atoms with Gasteiger partial charge in [0.2, 0.25) is 0 Å². The minimum atomic E-state index is 0.545. The average molecular weight is 124 g/mol. The van der Waals surface area contributed by atoms with Crippen molar-refractivity contribution in [2.75, 3.05) is 0 Å². The summed E-state index contributed by atoms with van der Waals surface area (Å²) in [6.45, 7) is 2.26. The van der Waals surface area contributed by atoms with Crippen LogP contribution in [-0.2, 0) is 4.74 Å². The Morgan fingerprint density at radius 2 is 2.67 bits per heavy atom. The molecule has 0 aromatic carbocycles. The Morgan fingerprint density at radius 1 is 1.78 bits per heavy atom. The Bertz CT molecular complexity index is 149. The van der Waals surface area contributed by atoms with E-state index in [1.807, 2.05) is 0 Å². The van der Waals surface area contributed by atoms with E-state index in [1.165, 1.54) is 25.0 Å². The molecule has 0 bridgehead atoms. The van der Waals surface area contributed by atoms with Crippen LogP contribution in [0, 0.1) is 5.92 Å². The maximum atomic E-state index is 5.27. The molecule has 1 saturated heterocycles. The van der Waals surface area contributed by atoms with E-state index >= 15 is 0 Å². The molecule has 0 N–H and O–H groups in total. The summed E-state index contributed by atoms with van der Waals surface area (Å²) in [5, 5.41) is 0. The Morgan fingerprint density at radius 3 is 3.33 bits per heavy atom. The summed E-state index contributed by atoms with van der Waals surface area (Å²) in [6.07, 6.45) is 6.64. The van der Waals surface area contributed by atoms with Gasteiger partial charge in [-0.25, -0.2) is 0 Å². The number of epoxide rings is 1. The number of hydrogen-bond acceptors (Lipinski definition) is 1. The lowest BCUT2D eigenvalue weighted by atomic mass is 9.92. The van der Waals surface area contributed by atoms with E-state index in [0.29, 0.717) is 6.10 Å². The van der Waals surface area contributed by atoms with Gasteiger partial charge < -0.3 is 4.74 Å². The van der Waals surface area contributed by atoms with Crippen LogP contribution < -0.4 is 0 Å². The molecule has 0 aromatic heterocycles. The van der Waals surface area contributed by atoms with Crippen molar-refractivity contribution >= 4 is 0 Å². The highest BCUT2D eigenvalue weighted by molar-refractivity contribution is 5.17. The van der Waals surface area contributed by atoms with Crippen LogP contribution in [0.1, 0.15) is 26.2 Å². The van der Waals surface area contributed by atoms with E-state index in [2.05, 4.69) is 13.0 Å². The lowest BCUT2D eigenvalue weighted by Gasteiger charge is -2.10. The molecule has 2 rings (SSSR count). The molecule has 2 atom stereocenters.